The molecule has 0 N–H and O–H groups in total. The minimum Gasteiger partial charge on any atom is -0.463 e. The van der Waals surface area contributed by atoms with Gasteiger partial charge >= 0.3 is 12.3 Å². The zero-order valence-electron chi connectivity index (χ0n) is 10.5. The van der Waals surface area contributed by atoms with E-state index in [1.54, 1.807) is 13.8 Å². The first-order chi connectivity index (χ1) is 8.92. The van der Waals surface area contributed by atoms with Crippen LogP contribution >= 0.6 is 11.6 Å². The molecule has 20 heavy (non-hydrogen) atoms. The first-order valence-corrected chi connectivity index (χ1v) is 5.85. The van der Waals surface area contributed by atoms with E-state index in [-0.39, 0.29) is 6.47 Å². The molecule has 0 aromatic carbocycles. The van der Waals surface area contributed by atoms with Crippen LogP contribution in [0.1, 0.15) is 13.8 Å². The summed E-state index contributed by atoms with van der Waals surface area (Å²) in [6.07, 6.45) is -8.93. The van der Waals surface area contributed by atoms with E-state index in [1.807, 2.05) is 0 Å². The molecule has 2 unspecified atom stereocenters. The summed E-state index contributed by atoms with van der Waals surface area (Å²) in [6.45, 7) is 1.33. The van der Waals surface area contributed by atoms with Gasteiger partial charge in [0.1, 0.15) is 17.7 Å². The molecule has 1 aliphatic carbocycles. The molecule has 0 aromatic rings. The summed E-state index contributed by atoms with van der Waals surface area (Å²) >= 11 is 5.30. The van der Waals surface area contributed by atoms with Crippen molar-refractivity contribution in [3.05, 3.63) is 11.1 Å². The molecule has 3 nitrogen and oxygen atoms in total. The molecule has 0 spiro atoms. The molecule has 1 saturated carbocycles. The Kier molecular flexibility index (Phi) is 4.70. The van der Waals surface area contributed by atoms with E-state index in [0.717, 1.165) is 6.08 Å². The second-order valence-electron chi connectivity index (χ2n) is 4.94. The largest absolute Gasteiger partial charge is 0.463 e. The number of alkyl halides is 5. The van der Waals surface area contributed by atoms with E-state index in [2.05, 4.69) is 9.47 Å². The number of rotatable bonds is 6. The molecule has 0 bridgehead atoms. The molecule has 0 radical (unpaired) electrons. The van der Waals surface area contributed by atoms with Crippen LogP contribution in [0.2, 0.25) is 0 Å². The number of halogens is 6. The Morgan fingerprint density at radius 1 is 1.30 bits per heavy atom. The number of carbonyl (C=O) groups is 1. The minimum atomic E-state index is -4.89. The van der Waals surface area contributed by atoms with E-state index in [9.17, 15) is 26.7 Å². The fourth-order valence-electron chi connectivity index (χ4n) is 1.75. The number of hydrogen-bond donors (Lipinski definition) is 0. The van der Waals surface area contributed by atoms with Gasteiger partial charge in [0.25, 0.3) is 6.47 Å². The molecule has 2 atom stereocenters. The van der Waals surface area contributed by atoms with Gasteiger partial charge in [-0.2, -0.15) is 22.0 Å². The topological polar surface area (TPSA) is 35.5 Å². The lowest BCUT2D eigenvalue weighted by atomic mass is 10.1. The first-order valence-electron chi connectivity index (χ1n) is 5.47. The van der Waals surface area contributed by atoms with Crippen LogP contribution in [0.25, 0.3) is 0 Å². The van der Waals surface area contributed by atoms with Crippen LogP contribution in [-0.2, 0) is 14.3 Å². The SMILES string of the molecule is CC1(C)C(C=C(Cl)C(F)(F)OCC(F)(F)F)C1OC=O. The lowest BCUT2D eigenvalue weighted by Gasteiger charge is -2.17. The molecule has 1 rings (SSSR count). The van der Waals surface area contributed by atoms with Crippen molar-refractivity contribution in [3.63, 3.8) is 0 Å². The highest BCUT2D eigenvalue weighted by Crippen LogP contribution is 2.55. The van der Waals surface area contributed by atoms with Crippen LogP contribution in [0, 0.1) is 11.3 Å². The molecule has 0 aliphatic heterocycles. The van der Waals surface area contributed by atoms with Crippen LogP contribution in [0.3, 0.4) is 0 Å². The quantitative estimate of drug-likeness (QED) is 0.555. The van der Waals surface area contributed by atoms with Crippen molar-refractivity contribution in [2.45, 2.75) is 32.2 Å². The van der Waals surface area contributed by atoms with Crippen LogP contribution < -0.4 is 0 Å². The molecule has 0 saturated heterocycles. The van der Waals surface area contributed by atoms with Crippen molar-refractivity contribution < 1.29 is 36.2 Å². The van der Waals surface area contributed by atoms with E-state index in [4.69, 9.17) is 11.6 Å². The molecule has 0 heterocycles. The fraction of sp³-hybridized carbons (Fsp3) is 0.727. The molecule has 0 aromatic heterocycles. The standard InChI is InChI=1S/C11H12ClF5O3/c1-9(2)6(8(9)19-5-18)3-7(12)11(16,17)20-4-10(13,14)15/h3,5-6,8H,4H2,1-2H3. The van der Waals surface area contributed by atoms with Crippen LogP contribution in [0.5, 0.6) is 0 Å². The monoisotopic (exact) mass is 322 g/mol. The average Bonchev–Trinajstić information content (AvgIpc) is 2.78. The van der Waals surface area contributed by atoms with Gasteiger partial charge in [0.2, 0.25) is 0 Å². The summed E-state index contributed by atoms with van der Waals surface area (Å²) in [4.78, 5) is 10.2. The van der Waals surface area contributed by atoms with Gasteiger partial charge < -0.3 is 9.47 Å². The zero-order chi connectivity index (χ0) is 15.8. The van der Waals surface area contributed by atoms with Crippen molar-refractivity contribution in [1.29, 1.82) is 0 Å². The predicted molar refractivity (Wildman–Crippen MR) is 59.1 cm³/mol. The van der Waals surface area contributed by atoms with E-state index in [0.29, 0.717) is 0 Å². The van der Waals surface area contributed by atoms with Crippen LogP contribution in [0.15, 0.2) is 11.1 Å². The molecule has 1 aliphatic rings. The second kappa shape index (κ2) is 5.48. The van der Waals surface area contributed by atoms with Crippen LogP contribution in [-0.4, -0.2) is 31.5 Å². The second-order valence-corrected chi connectivity index (χ2v) is 5.34. The highest BCUT2D eigenvalue weighted by atomic mass is 35.5. The lowest BCUT2D eigenvalue weighted by Crippen LogP contribution is -2.28. The van der Waals surface area contributed by atoms with Crippen molar-refractivity contribution in [2.75, 3.05) is 6.61 Å². The fourth-order valence-corrected chi connectivity index (χ4v) is 1.94. The third kappa shape index (κ3) is 4.05. The van der Waals surface area contributed by atoms with Crippen LogP contribution in [0.4, 0.5) is 22.0 Å². The Balaban J connectivity index is 2.71. The van der Waals surface area contributed by atoms with Gasteiger partial charge in [0.15, 0.2) is 0 Å². The van der Waals surface area contributed by atoms with Gasteiger partial charge in [-0.25, -0.2) is 0 Å². The predicted octanol–water partition coefficient (Wildman–Crippen LogP) is 3.48. The highest BCUT2D eigenvalue weighted by molar-refractivity contribution is 6.30. The summed E-state index contributed by atoms with van der Waals surface area (Å²) in [5.41, 5.74) is -0.610. The minimum absolute atomic E-state index is 0.173. The van der Waals surface area contributed by atoms with E-state index in [1.165, 1.54) is 0 Å². The Hall–Kier alpha value is -0.890. The summed E-state index contributed by atoms with van der Waals surface area (Å²) in [6, 6.07) is 0. The van der Waals surface area contributed by atoms with Crippen molar-refractivity contribution in [1.82, 2.24) is 0 Å². The summed E-state index contributed by atoms with van der Waals surface area (Å²) in [5, 5.41) is -1.17. The normalized spacial score (nSPS) is 26.3. The third-order valence-electron chi connectivity index (χ3n) is 3.03. The third-order valence-corrected chi connectivity index (χ3v) is 3.38. The van der Waals surface area contributed by atoms with Gasteiger partial charge in [0.05, 0.1) is 0 Å². The average molecular weight is 323 g/mol. The van der Waals surface area contributed by atoms with Gasteiger partial charge in [-0.3, -0.25) is 4.79 Å². The van der Waals surface area contributed by atoms with Gasteiger partial charge in [-0.05, 0) is 0 Å². The maximum atomic E-state index is 13.3. The Morgan fingerprint density at radius 2 is 1.85 bits per heavy atom. The molecule has 1 fully saturated rings. The van der Waals surface area contributed by atoms with Crippen molar-refractivity contribution in [3.8, 4) is 0 Å². The Morgan fingerprint density at radius 3 is 2.30 bits per heavy atom. The zero-order valence-corrected chi connectivity index (χ0v) is 11.3. The molecule has 0 amide bonds. The van der Waals surface area contributed by atoms with Crippen molar-refractivity contribution in [2.24, 2.45) is 11.3 Å². The Labute approximate surface area is 116 Å². The van der Waals surface area contributed by atoms with E-state index < -0.39 is 41.4 Å². The Bertz CT molecular complexity index is 405. The first kappa shape index (κ1) is 17.2. The molecular weight excluding hydrogens is 311 g/mol. The lowest BCUT2D eigenvalue weighted by molar-refractivity contribution is -0.267. The van der Waals surface area contributed by atoms with Gasteiger partial charge in [0, 0.05) is 11.3 Å². The number of carbonyl (C=O) groups excluding carboxylic acids is 1. The highest BCUT2D eigenvalue weighted by Gasteiger charge is 2.60. The summed E-state index contributed by atoms with van der Waals surface area (Å²) in [7, 11) is 0. The summed E-state index contributed by atoms with van der Waals surface area (Å²) in [5.74, 6) is -0.611. The smallest absolute Gasteiger partial charge is 0.412 e. The summed E-state index contributed by atoms with van der Waals surface area (Å²) < 4.78 is 70.2. The molecule has 116 valence electrons. The van der Waals surface area contributed by atoms with Gasteiger partial charge in [-0.15, -0.1) is 0 Å². The number of hydrogen-bond acceptors (Lipinski definition) is 3. The van der Waals surface area contributed by atoms with E-state index >= 15 is 0 Å². The maximum Gasteiger partial charge on any atom is 0.412 e. The number of ether oxygens (including phenoxy) is 2. The molecular formula is C11H12ClF5O3. The van der Waals surface area contributed by atoms with Crippen molar-refractivity contribution >= 4 is 18.1 Å². The van der Waals surface area contributed by atoms with Gasteiger partial charge in [-0.1, -0.05) is 31.5 Å². The maximum absolute atomic E-state index is 13.3. The molecule has 9 heteroatoms.